The third-order valence-electron chi connectivity index (χ3n) is 2.69. The smallest absolute Gasteiger partial charge is 0.403 e. The summed E-state index contributed by atoms with van der Waals surface area (Å²) in [4.78, 5) is 7.65. The highest BCUT2D eigenvalue weighted by Gasteiger charge is 2.33. The first kappa shape index (κ1) is 14.5. The van der Waals surface area contributed by atoms with E-state index >= 15 is 0 Å². The fourth-order valence-electron chi connectivity index (χ4n) is 1.86. The molecule has 1 aromatic carbocycles. The summed E-state index contributed by atoms with van der Waals surface area (Å²) in [5, 5.41) is 4.34. The summed E-state index contributed by atoms with van der Waals surface area (Å²) in [6.07, 6.45) is -2.55. The van der Waals surface area contributed by atoms with E-state index in [1.165, 1.54) is 6.20 Å². The Bertz CT molecular complexity index is 849. The molecule has 0 amide bonds. The number of aromatic nitrogens is 4. The monoisotopic (exact) mass is 332 g/mol. The van der Waals surface area contributed by atoms with E-state index in [1.807, 2.05) is 0 Å². The van der Waals surface area contributed by atoms with Crippen LogP contribution < -0.4 is 4.74 Å². The van der Waals surface area contributed by atoms with Gasteiger partial charge >= 0.3 is 6.36 Å². The van der Waals surface area contributed by atoms with Gasteiger partial charge in [-0.25, -0.2) is 19.0 Å². The Balaban J connectivity index is 2.20. The van der Waals surface area contributed by atoms with Gasteiger partial charge in [-0.1, -0.05) is 11.6 Å². The van der Waals surface area contributed by atoms with Gasteiger partial charge in [0.05, 0.1) is 11.6 Å². The molecule has 2 aromatic heterocycles. The van der Waals surface area contributed by atoms with Crippen molar-refractivity contribution in [1.82, 2.24) is 19.7 Å². The molecule has 3 rings (SSSR count). The van der Waals surface area contributed by atoms with Gasteiger partial charge in [-0.2, -0.15) is 5.10 Å². The summed E-state index contributed by atoms with van der Waals surface area (Å²) < 4.78 is 55.5. The summed E-state index contributed by atoms with van der Waals surface area (Å²) >= 11 is 5.85. The lowest BCUT2D eigenvalue weighted by atomic mass is 10.3. The largest absolute Gasteiger partial charge is 0.573 e. The van der Waals surface area contributed by atoms with Crippen LogP contribution in [0, 0.1) is 5.82 Å². The highest BCUT2D eigenvalue weighted by Crippen LogP contribution is 2.31. The number of hydrogen-bond donors (Lipinski definition) is 0. The van der Waals surface area contributed by atoms with Crippen LogP contribution in [0.2, 0.25) is 5.15 Å². The average Bonchev–Trinajstić information content (AvgIpc) is 2.82. The Kier molecular flexibility index (Phi) is 3.36. The molecule has 0 aliphatic heterocycles. The van der Waals surface area contributed by atoms with E-state index in [-0.39, 0.29) is 16.5 Å². The SMILES string of the molecule is Fc1ccc(-n2ncc3c(Cl)ncnc32)c(OC(F)(F)F)c1. The predicted molar refractivity (Wildman–Crippen MR) is 68.3 cm³/mol. The maximum absolute atomic E-state index is 13.2. The van der Waals surface area contributed by atoms with Crippen molar-refractivity contribution in [2.75, 3.05) is 0 Å². The quantitative estimate of drug-likeness (QED) is 0.532. The van der Waals surface area contributed by atoms with Crippen molar-refractivity contribution < 1.29 is 22.3 Å². The fourth-order valence-corrected chi connectivity index (χ4v) is 2.04. The van der Waals surface area contributed by atoms with Crippen LogP contribution in [0.4, 0.5) is 17.6 Å². The van der Waals surface area contributed by atoms with Gasteiger partial charge in [0, 0.05) is 6.07 Å². The minimum atomic E-state index is -4.97. The summed E-state index contributed by atoms with van der Waals surface area (Å²) in [6, 6.07) is 2.69. The Labute approximate surface area is 125 Å². The van der Waals surface area contributed by atoms with E-state index in [0.717, 1.165) is 23.1 Å². The van der Waals surface area contributed by atoms with Crippen LogP contribution in [-0.2, 0) is 0 Å². The third-order valence-corrected chi connectivity index (χ3v) is 2.99. The second kappa shape index (κ2) is 5.09. The molecule has 0 aliphatic carbocycles. The number of rotatable bonds is 2. The van der Waals surface area contributed by atoms with Crippen molar-refractivity contribution in [3.63, 3.8) is 0 Å². The molecule has 2 heterocycles. The van der Waals surface area contributed by atoms with Gasteiger partial charge < -0.3 is 4.74 Å². The van der Waals surface area contributed by atoms with Crippen LogP contribution in [-0.4, -0.2) is 26.1 Å². The lowest BCUT2D eigenvalue weighted by molar-refractivity contribution is -0.274. The van der Waals surface area contributed by atoms with Crippen molar-refractivity contribution in [3.05, 3.63) is 41.7 Å². The molecular formula is C12H5ClF4N4O. The summed E-state index contributed by atoms with van der Waals surface area (Å²) in [7, 11) is 0. The van der Waals surface area contributed by atoms with Crippen molar-refractivity contribution in [1.29, 1.82) is 0 Å². The molecule has 5 nitrogen and oxygen atoms in total. The Morgan fingerprint density at radius 3 is 2.68 bits per heavy atom. The first-order valence-corrected chi connectivity index (χ1v) is 6.13. The third kappa shape index (κ3) is 2.67. The maximum Gasteiger partial charge on any atom is 0.573 e. The molecule has 114 valence electrons. The number of fused-ring (bicyclic) bond motifs is 1. The summed E-state index contributed by atoms with van der Waals surface area (Å²) in [5.41, 5.74) is 0.0297. The van der Waals surface area contributed by atoms with E-state index in [2.05, 4.69) is 19.8 Å². The van der Waals surface area contributed by atoms with E-state index < -0.39 is 17.9 Å². The number of ether oxygens (including phenoxy) is 1. The molecule has 3 aromatic rings. The number of halogens is 5. The molecule has 0 saturated heterocycles. The highest BCUT2D eigenvalue weighted by atomic mass is 35.5. The van der Waals surface area contributed by atoms with Crippen LogP contribution in [0.1, 0.15) is 0 Å². The molecule has 0 spiro atoms. The van der Waals surface area contributed by atoms with E-state index in [0.29, 0.717) is 11.5 Å². The molecule has 22 heavy (non-hydrogen) atoms. The molecule has 0 atom stereocenters. The first-order chi connectivity index (χ1) is 10.3. The molecule has 0 saturated carbocycles. The zero-order chi connectivity index (χ0) is 15.9. The van der Waals surface area contributed by atoms with E-state index in [9.17, 15) is 17.6 Å². The standard InChI is InChI=1S/C12H5ClF4N4O/c13-10-7-4-20-21(11(7)19-5-18-10)8-2-1-6(14)3-9(8)22-12(15,16)17/h1-5H. The van der Waals surface area contributed by atoms with Gasteiger partial charge in [-0.3, -0.25) is 0 Å². The van der Waals surface area contributed by atoms with Gasteiger partial charge in [0.1, 0.15) is 23.0 Å². The molecule has 0 N–H and O–H groups in total. The Morgan fingerprint density at radius 1 is 1.18 bits per heavy atom. The Hall–Kier alpha value is -2.42. The van der Waals surface area contributed by atoms with Gasteiger partial charge in [0.15, 0.2) is 11.4 Å². The van der Waals surface area contributed by atoms with Crippen molar-refractivity contribution in [3.8, 4) is 11.4 Å². The molecule has 0 unspecified atom stereocenters. The van der Waals surface area contributed by atoms with Crippen molar-refractivity contribution in [2.24, 2.45) is 0 Å². The number of hydrogen-bond acceptors (Lipinski definition) is 4. The van der Waals surface area contributed by atoms with Crippen LogP contribution in [0.3, 0.4) is 0 Å². The molecule has 0 bridgehead atoms. The molecule has 0 fully saturated rings. The fraction of sp³-hybridized carbons (Fsp3) is 0.0833. The molecular weight excluding hydrogens is 328 g/mol. The van der Waals surface area contributed by atoms with Crippen LogP contribution in [0.5, 0.6) is 5.75 Å². The van der Waals surface area contributed by atoms with Gasteiger partial charge in [0.2, 0.25) is 0 Å². The number of benzene rings is 1. The predicted octanol–water partition coefficient (Wildman–Crippen LogP) is 3.51. The Morgan fingerprint density at radius 2 is 1.95 bits per heavy atom. The molecule has 10 heteroatoms. The minimum Gasteiger partial charge on any atom is -0.403 e. The number of alkyl halides is 3. The van der Waals surface area contributed by atoms with Crippen molar-refractivity contribution >= 4 is 22.6 Å². The lowest BCUT2D eigenvalue weighted by Crippen LogP contribution is -2.18. The van der Waals surface area contributed by atoms with Crippen LogP contribution in [0.25, 0.3) is 16.7 Å². The van der Waals surface area contributed by atoms with Crippen LogP contribution >= 0.6 is 11.6 Å². The molecule has 0 aliphatic rings. The molecule has 0 radical (unpaired) electrons. The zero-order valence-electron chi connectivity index (χ0n) is 10.5. The summed E-state index contributed by atoms with van der Waals surface area (Å²) in [5.74, 6) is -1.63. The lowest BCUT2D eigenvalue weighted by Gasteiger charge is -2.13. The second-order valence-electron chi connectivity index (χ2n) is 4.12. The summed E-state index contributed by atoms with van der Waals surface area (Å²) in [6.45, 7) is 0. The average molecular weight is 333 g/mol. The van der Waals surface area contributed by atoms with Gasteiger partial charge in [0.25, 0.3) is 0 Å². The second-order valence-corrected chi connectivity index (χ2v) is 4.48. The first-order valence-electron chi connectivity index (χ1n) is 5.75. The maximum atomic E-state index is 13.2. The highest BCUT2D eigenvalue weighted by molar-refractivity contribution is 6.33. The zero-order valence-corrected chi connectivity index (χ0v) is 11.2. The van der Waals surface area contributed by atoms with E-state index in [4.69, 9.17) is 11.6 Å². The van der Waals surface area contributed by atoms with Crippen molar-refractivity contribution in [2.45, 2.75) is 6.36 Å². The minimum absolute atomic E-state index is 0.0941. The van der Waals surface area contributed by atoms with Crippen LogP contribution in [0.15, 0.2) is 30.7 Å². The van der Waals surface area contributed by atoms with Gasteiger partial charge in [-0.15, -0.1) is 13.2 Å². The van der Waals surface area contributed by atoms with E-state index in [1.54, 1.807) is 0 Å². The van der Waals surface area contributed by atoms with Gasteiger partial charge in [-0.05, 0) is 12.1 Å². The topological polar surface area (TPSA) is 52.8 Å². The number of nitrogens with zero attached hydrogens (tertiary/aromatic N) is 4. The normalized spacial score (nSPS) is 11.9.